The molecule has 0 aliphatic rings. The average Bonchev–Trinajstić information content (AvgIpc) is 2.82. The quantitative estimate of drug-likeness (QED) is 0.549. The van der Waals surface area contributed by atoms with Crippen molar-refractivity contribution in [2.45, 2.75) is 19.8 Å². The molecule has 3 rings (SSSR count). The van der Waals surface area contributed by atoms with Crippen molar-refractivity contribution in [2.75, 3.05) is 0 Å². The van der Waals surface area contributed by atoms with Gasteiger partial charge in [-0.05, 0) is 34.6 Å². The van der Waals surface area contributed by atoms with Crippen LogP contribution in [0.25, 0.3) is 20.5 Å². The minimum atomic E-state index is 0.561. The van der Waals surface area contributed by atoms with Crippen LogP contribution < -0.4 is 0 Å². The van der Waals surface area contributed by atoms with E-state index in [0.717, 1.165) is 0 Å². The molecule has 0 saturated heterocycles. The van der Waals surface area contributed by atoms with E-state index in [9.17, 15) is 0 Å². The van der Waals surface area contributed by atoms with E-state index in [1.807, 2.05) is 11.3 Å². The fourth-order valence-corrected chi connectivity index (χ4v) is 3.45. The van der Waals surface area contributed by atoms with E-state index in [2.05, 4.69) is 68.4 Å². The van der Waals surface area contributed by atoms with Gasteiger partial charge in [0.1, 0.15) is 0 Å². The Morgan fingerprint density at radius 3 is 2.39 bits per heavy atom. The lowest BCUT2D eigenvalue weighted by molar-refractivity contribution is 0.869. The first kappa shape index (κ1) is 11.5. The van der Waals surface area contributed by atoms with Crippen molar-refractivity contribution in [3.63, 3.8) is 0 Å². The maximum absolute atomic E-state index is 2.31. The fourth-order valence-electron chi connectivity index (χ4n) is 2.34. The predicted molar refractivity (Wildman–Crippen MR) is 81.4 cm³/mol. The van der Waals surface area contributed by atoms with E-state index < -0.39 is 0 Å². The summed E-state index contributed by atoms with van der Waals surface area (Å²) in [4.78, 5) is 1.38. The van der Waals surface area contributed by atoms with Crippen LogP contribution in [0.2, 0.25) is 0 Å². The van der Waals surface area contributed by atoms with E-state index in [4.69, 9.17) is 0 Å². The lowest BCUT2D eigenvalue weighted by Gasteiger charge is -2.10. The second-order valence-corrected chi connectivity index (χ2v) is 5.97. The van der Waals surface area contributed by atoms with Crippen LogP contribution in [-0.4, -0.2) is 0 Å². The van der Waals surface area contributed by atoms with Crippen molar-refractivity contribution in [2.24, 2.45) is 0 Å². The van der Waals surface area contributed by atoms with Gasteiger partial charge in [0.05, 0.1) is 0 Å². The van der Waals surface area contributed by atoms with Gasteiger partial charge in [0.25, 0.3) is 0 Å². The number of hydrogen-bond acceptors (Lipinski definition) is 1. The molecule has 0 spiro atoms. The van der Waals surface area contributed by atoms with Crippen LogP contribution in [0.5, 0.6) is 0 Å². The highest BCUT2D eigenvalue weighted by Gasteiger charge is 2.10. The Kier molecular flexibility index (Phi) is 2.92. The minimum absolute atomic E-state index is 0.561. The SMILES string of the molecule is CC(C)c1ccccc1-c1cc2ccccc2s1. The van der Waals surface area contributed by atoms with Crippen LogP contribution in [0.4, 0.5) is 0 Å². The van der Waals surface area contributed by atoms with Gasteiger partial charge in [0.15, 0.2) is 0 Å². The Bertz CT molecular complexity index is 644. The van der Waals surface area contributed by atoms with E-state index in [1.54, 1.807) is 0 Å². The Morgan fingerprint density at radius 2 is 1.61 bits per heavy atom. The summed E-state index contributed by atoms with van der Waals surface area (Å²) in [5.41, 5.74) is 2.82. The van der Waals surface area contributed by atoms with Crippen LogP contribution in [0, 0.1) is 0 Å². The summed E-state index contributed by atoms with van der Waals surface area (Å²) in [5, 5.41) is 1.34. The molecule has 0 aliphatic carbocycles. The molecule has 0 amide bonds. The first-order valence-corrected chi connectivity index (χ1v) is 7.15. The molecule has 90 valence electrons. The van der Waals surface area contributed by atoms with E-state index in [0.29, 0.717) is 5.92 Å². The normalized spacial score (nSPS) is 11.3. The Morgan fingerprint density at radius 1 is 0.889 bits per heavy atom. The number of benzene rings is 2. The van der Waals surface area contributed by atoms with Crippen molar-refractivity contribution in [3.05, 3.63) is 60.2 Å². The molecular weight excluding hydrogens is 236 g/mol. The predicted octanol–water partition coefficient (Wildman–Crippen LogP) is 5.69. The van der Waals surface area contributed by atoms with Gasteiger partial charge in [-0.2, -0.15) is 0 Å². The first-order valence-electron chi connectivity index (χ1n) is 6.33. The Labute approximate surface area is 112 Å². The zero-order valence-electron chi connectivity index (χ0n) is 10.7. The van der Waals surface area contributed by atoms with Gasteiger partial charge in [0.2, 0.25) is 0 Å². The van der Waals surface area contributed by atoms with E-state index >= 15 is 0 Å². The molecule has 0 bridgehead atoms. The molecule has 0 atom stereocenters. The molecule has 0 radical (unpaired) electrons. The highest BCUT2D eigenvalue weighted by Crippen LogP contribution is 2.37. The maximum Gasteiger partial charge on any atom is 0.0358 e. The second-order valence-electron chi connectivity index (χ2n) is 4.89. The zero-order chi connectivity index (χ0) is 12.5. The fraction of sp³-hybridized carbons (Fsp3) is 0.176. The van der Waals surface area contributed by atoms with Crippen molar-refractivity contribution >= 4 is 21.4 Å². The third kappa shape index (κ3) is 1.95. The van der Waals surface area contributed by atoms with Gasteiger partial charge < -0.3 is 0 Å². The van der Waals surface area contributed by atoms with Crippen LogP contribution in [0.3, 0.4) is 0 Å². The van der Waals surface area contributed by atoms with Crippen LogP contribution in [0.15, 0.2) is 54.6 Å². The van der Waals surface area contributed by atoms with Gasteiger partial charge in [-0.15, -0.1) is 11.3 Å². The zero-order valence-corrected chi connectivity index (χ0v) is 11.5. The van der Waals surface area contributed by atoms with Crippen molar-refractivity contribution in [3.8, 4) is 10.4 Å². The van der Waals surface area contributed by atoms with Gasteiger partial charge in [0, 0.05) is 9.58 Å². The summed E-state index contributed by atoms with van der Waals surface area (Å²) in [5.74, 6) is 0.561. The maximum atomic E-state index is 2.31. The van der Waals surface area contributed by atoms with E-state index in [1.165, 1.54) is 26.1 Å². The van der Waals surface area contributed by atoms with Crippen molar-refractivity contribution in [1.29, 1.82) is 0 Å². The number of thiophene rings is 1. The summed E-state index contributed by atoms with van der Waals surface area (Å²) in [6, 6.07) is 19.6. The Hall–Kier alpha value is -1.60. The van der Waals surface area contributed by atoms with Crippen molar-refractivity contribution in [1.82, 2.24) is 0 Å². The Balaban J connectivity index is 2.20. The molecule has 18 heavy (non-hydrogen) atoms. The second kappa shape index (κ2) is 4.58. The van der Waals surface area contributed by atoms with Gasteiger partial charge >= 0.3 is 0 Å². The lowest BCUT2D eigenvalue weighted by Crippen LogP contribution is -1.89. The average molecular weight is 252 g/mol. The molecule has 1 heterocycles. The molecule has 3 aromatic rings. The smallest absolute Gasteiger partial charge is 0.0358 e. The number of fused-ring (bicyclic) bond motifs is 1. The standard InChI is InChI=1S/C17H16S/c1-12(2)14-8-4-5-9-15(14)17-11-13-7-3-6-10-16(13)18-17/h3-12H,1-2H3. The molecular formula is C17H16S. The molecule has 1 heteroatoms. The molecule has 0 nitrogen and oxygen atoms in total. The van der Waals surface area contributed by atoms with Crippen LogP contribution >= 0.6 is 11.3 Å². The van der Waals surface area contributed by atoms with E-state index in [-0.39, 0.29) is 0 Å². The number of hydrogen-bond donors (Lipinski definition) is 0. The minimum Gasteiger partial charge on any atom is -0.135 e. The highest BCUT2D eigenvalue weighted by atomic mass is 32.1. The number of rotatable bonds is 2. The van der Waals surface area contributed by atoms with Crippen molar-refractivity contribution < 1.29 is 0 Å². The summed E-state index contributed by atoms with van der Waals surface area (Å²) < 4.78 is 1.37. The molecule has 0 N–H and O–H groups in total. The molecule has 1 aromatic heterocycles. The summed E-state index contributed by atoms with van der Waals surface area (Å²) in [6.45, 7) is 4.51. The highest BCUT2D eigenvalue weighted by molar-refractivity contribution is 7.22. The monoisotopic (exact) mass is 252 g/mol. The lowest BCUT2D eigenvalue weighted by atomic mass is 9.96. The largest absolute Gasteiger partial charge is 0.135 e. The third-order valence-electron chi connectivity index (χ3n) is 3.27. The molecule has 0 saturated carbocycles. The molecule has 0 fully saturated rings. The van der Waals surface area contributed by atoms with Crippen LogP contribution in [-0.2, 0) is 0 Å². The molecule has 0 unspecified atom stereocenters. The summed E-state index contributed by atoms with van der Waals surface area (Å²) in [6.07, 6.45) is 0. The third-order valence-corrected chi connectivity index (χ3v) is 4.42. The van der Waals surface area contributed by atoms with Gasteiger partial charge in [-0.25, -0.2) is 0 Å². The van der Waals surface area contributed by atoms with Crippen LogP contribution in [0.1, 0.15) is 25.3 Å². The van der Waals surface area contributed by atoms with Gasteiger partial charge in [-0.1, -0.05) is 56.3 Å². The van der Waals surface area contributed by atoms with Gasteiger partial charge in [-0.3, -0.25) is 0 Å². The first-order chi connectivity index (χ1) is 8.75. The summed E-state index contributed by atoms with van der Waals surface area (Å²) >= 11 is 1.88. The molecule has 2 aromatic carbocycles. The summed E-state index contributed by atoms with van der Waals surface area (Å²) in [7, 11) is 0. The topological polar surface area (TPSA) is 0 Å². The molecule has 0 aliphatic heterocycles.